The number of aliphatic carboxylic acids is 1. The van der Waals surface area contributed by atoms with Gasteiger partial charge in [0.1, 0.15) is 0 Å². The predicted octanol–water partition coefficient (Wildman–Crippen LogP) is 1.53. The SMILES string of the molecule is C=CC(N)(Cn1cc(OC(C)=O)c2ccccc21)C(=O)O. The van der Waals surface area contributed by atoms with Gasteiger partial charge in [0.2, 0.25) is 0 Å². The number of carbonyl (C=O) groups is 2. The Labute approximate surface area is 121 Å². The molecule has 1 aromatic carbocycles. The molecule has 0 aliphatic rings. The van der Waals surface area contributed by atoms with E-state index in [1.807, 2.05) is 6.07 Å². The Bertz CT molecular complexity index is 720. The van der Waals surface area contributed by atoms with Gasteiger partial charge < -0.3 is 20.1 Å². The number of carboxylic acid groups (broad SMARTS) is 1. The number of nitrogens with zero attached hydrogens (tertiary/aromatic N) is 1. The Morgan fingerprint density at radius 2 is 2.14 bits per heavy atom. The molecule has 0 spiro atoms. The molecule has 2 aromatic rings. The van der Waals surface area contributed by atoms with Crippen molar-refractivity contribution in [1.82, 2.24) is 4.57 Å². The number of aromatic nitrogens is 1. The number of hydrogen-bond acceptors (Lipinski definition) is 4. The number of esters is 1. The van der Waals surface area contributed by atoms with Crippen molar-refractivity contribution in [3.05, 3.63) is 43.1 Å². The topological polar surface area (TPSA) is 94.5 Å². The Morgan fingerprint density at radius 1 is 1.48 bits per heavy atom. The van der Waals surface area contributed by atoms with Gasteiger partial charge >= 0.3 is 11.9 Å². The number of hydrogen-bond donors (Lipinski definition) is 2. The van der Waals surface area contributed by atoms with Crippen LogP contribution in [0.25, 0.3) is 10.9 Å². The predicted molar refractivity (Wildman–Crippen MR) is 78.0 cm³/mol. The maximum atomic E-state index is 11.3. The third-order valence-electron chi connectivity index (χ3n) is 3.20. The highest BCUT2D eigenvalue weighted by molar-refractivity contribution is 5.89. The minimum absolute atomic E-state index is 0.0202. The van der Waals surface area contributed by atoms with Crippen LogP contribution in [0.4, 0.5) is 0 Å². The lowest BCUT2D eigenvalue weighted by molar-refractivity contribution is -0.142. The van der Waals surface area contributed by atoms with E-state index < -0.39 is 17.5 Å². The van der Waals surface area contributed by atoms with Gasteiger partial charge in [-0.2, -0.15) is 0 Å². The van der Waals surface area contributed by atoms with E-state index in [4.69, 9.17) is 10.5 Å². The van der Waals surface area contributed by atoms with Crippen LogP contribution in [-0.2, 0) is 16.1 Å². The number of benzene rings is 1. The third-order valence-corrected chi connectivity index (χ3v) is 3.20. The van der Waals surface area contributed by atoms with Gasteiger partial charge in [0.15, 0.2) is 11.3 Å². The zero-order valence-electron chi connectivity index (χ0n) is 11.6. The van der Waals surface area contributed by atoms with E-state index in [0.29, 0.717) is 11.1 Å². The molecule has 0 saturated carbocycles. The van der Waals surface area contributed by atoms with Crippen LogP contribution in [0, 0.1) is 0 Å². The Kier molecular flexibility index (Phi) is 3.82. The number of nitrogens with two attached hydrogens (primary N) is 1. The van der Waals surface area contributed by atoms with Crippen LogP contribution in [0.1, 0.15) is 6.92 Å². The van der Waals surface area contributed by atoms with Crippen LogP contribution in [0.3, 0.4) is 0 Å². The average molecular weight is 288 g/mol. The second kappa shape index (κ2) is 5.41. The van der Waals surface area contributed by atoms with Gasteiger partial charge in [0.25, 0.3) is 0 Å². The first-order valence-corrected chi connectivity index (χ1v) is 6.29. The van der Waals surface area contributed by atoms with E-state index in [1.54, 1.807) is 29.0 Å². The van der Waals surface area contributed by atoms with Gasteiger partial charge in [-0.1, -0.05) is 18.2 Å². The number of ether oxygens (including phenoxy) is 1. The molecule has 0 saturated heterocycles. The van der Waals surface area contributed by atoms with Crippen molar-refractivity contribution < 1.29 is 19.4 Å². The molecule has 110 valence electrons. The molecule has 6 heteroatoms. The van der Waals surface area contributed by atoms with Crippen LogP contribution < -0.4 is 10.5 Å². The summed E-state index contributed by atoms with van der Waals surface area (Å²) in [5.74, 6) is -1.25. The van der Waals surface area contributed by atoms with Crippen LogP contribution in [-0.4, -0.2) is 27.2 Å². The molecule has 1 heterocycles. The first-order valence-electron chi connectivity index (χ1n) is 6.29. The summed E-state index contributed by atoms with van der Waals surface area (Å²) >= 11 is 0. The molecule has 1 atom stereocenters. The van der Waals surface area contributed by atoms with Crippen LogP contribution >= 0.6 is 0 Å². The Balaban J connectivity index is 2.52. The van der Waals surface area contributed by atoms with E-state index in [1.165, 1.54) is 13.0 Å². The summed E-state index contributed by atoms with van der Waals surface area (Å²) in [5, 5.41) is 9.94. The molecule has 3 N–H and O–H groups in total. The van der Waals surface area contributed by atoms with Gasteiger partial charge in [0, 0.05) is 18.5 Å². The molecule has 1 unspecified atom stereocenters. The number of carboxylic acids is 1. The van der Waals surface area contributed by atoms with Gasteiger partial charge in [-0.15, -0.1) is 6.58 Å². The zero-order chi connectivity index (χ0) is 15.6. The van der Waals surface area contributed by atoms with Gasteiger partial charge in [-0.25, -0.2) is 4.79 Å². The molecule has 2 rings (SSSR count). The number of carbonyl (C=O) groups excluding carboxylic acids is 1. The zero-order valence-corrected chi connectivity index (χ0v) is 11.6. The average Bonchev–Trinajstić information content (AvgIpc) is 2.76. The van der Waals surface area contributed by atoms with Crippen LogP contribution in [0.5, 0.6) is 5.75 Å². The highest BCUT2D eigenvalue weighted by atomic mass is 16.5. The largest absolute Gasteiger partial charge is 0.480 e. The van der Waals surface area contributed by atoms with Crippen LogP contribution in [0.2, 0.25) is 0 Å². The minimum Gasteiger partial charge on any atom is -0.480 e. The van der Waals surface area contributed by atoms with E-state index in [-0.39, 0.29) is 6.54 Å². The van der Waals surface area contributed by atoms with Crippen molar-refractivity contribution >= 4 is 22.8 Å². The molecule has 0 amide bonds. The fourth-order valence-corrected chi connectivity index (χ4v) is 2.08. The second-order valence-electron chi connectivity index (χ2n) is 4.78. The van der Waals surface area contributed by atoms with E-state index in [9.17, 15) is 14.7 Å². The molecule has 0 radical (unpaired) electrons. The smallest absolute Gasteiger partial charge is 0.329 e. The molecule has 6 nitrogen and oxygen atoms in total. The lowest BCUT2D eigenvalue weighted by Gasteiger charge is -2.21. The minimum atomic E-state index is -1.60. The summed E-state index contributed by atoms with van der Waals surface area (Å²) in [6.45, 7) is 4.77. The maximum absolute atomic E-state index is 11.3. The molecule has 0 aliphatic carbocycles. The maximum Gasteiger partial charge on any atom is 0.329 e. The van der Waals surface area contributed by atoms with Crippen molar-refractivity contribution in [3.63, 3.8) is 0 Å². The normalized spacial score (nSPS) is 13.6. The summed E-state index contributed by atoms with van der Waals surface area (Å²) in [7, 11) is 0. The van der Waals surface area contributed by atoms with Crippen molar-refractivity contribution in [2.75, 3.05) is 0 Å². The van der Waals surface area contributed by atoms with Gasteiger partial charge in [0.05, 0.1) is 12.1 Å². The quantitative estimate of drug-likeness (QED) is 0.642. The Morgan fingerprint density at radius 3 is 2.71 bits per heavy atom. The molecule has 1 aromatic heterocycles. The highest BCUT2D eigenvalue weighted by Crippen LogP contribution is 2.29. The molecule has 0 aliphatic heterocycles. The van der Waals surface area contributed by atoms with Gasteiger partial charge in [-0.3, -0.25) is 4.79 Å². The summed E-state index contributed by atoms with van der Waals surface area (Å²) in [4.78, 5) is 22.4. The standard InChI is InChI=1S/C15H16N2O4/c1-3-15(16,14(19)20)9-17-8-13(21-10(2)18)11-6-4-5-7-12(11)17/h3-8H,1,9,16H2,2H3,(H,19,20). The molecule has 0 bridgehead atoms. The number of fused-ring (bicyclic) bond motifs is 1. The highest BCUT2D eigenvalue weighted by Gasteiger charge is 2.31. The first kappa shape index (κ1) is 14.8. The van der Waals surface area contributed by atoms with Crippen LogP contribution in [0.15, 0.2) is 43.1 Å². The number of para-hydroxylation sites is 1. The van der Waals surface area contributed by atoms with Gasteiger partial charge in [-0.05, 0) is 12.1 Å². The lowest BCUT2D eigenvalue weighted by atomic mass is 10.0. The van der Waals surface area contributed by atoms with E-state index in [0.717, 1.165) is 5.52 Å². The monoisotopic (exact) mass is 288 g/mol. The third kappa shape index (κ3) is 2.80. The summed E-state index contributed by atoms with van der Waals surface area (Å²) in [5.41, 5.74) is 4.95. The van der Waals surface area contributed by atoms with E-state index in [2.05, 4.69) is 6.58 Å². The van der Waals surface area contributed by atoms with Crippen molar-refractivity contribution in [3.8, 4) is 5.75 Å². The van der Waals surface area contributed by atoms with E-state index >= 15 is 0 Å². The second-order valence-corrected chi connectivity index (χ2v) is 4.78. The van der Waals surface area contributed by atoms with Crippen molar-refractivity contribution in [1.29, 1.82) is 0 Å². The van der Waals surface area contributed by atoms with Crippen molar-refractivity contribution in [2.45, 2.75) is 19.0 Å². The molecular weight excluding hydrogens is 272 g/mol. The number of rotatable bonds is 5. The summed E-state index contributed by atoms with van der Waals surface area (Å²) < 4.78 is 6.79. The molecule has 21 heavy (non-hydrogen) atoms. The fraction of sp³-hybridized carbons (Fsp3) is 0.200. The van der Waals surface area contributed by atoms with Crippen molar-refractivity contribution in [2.24, 2.45) is 5.73 Å². The lowest BCUT2D eigenvalue weighted by Crippen LogP contribution is -2.49. The first-order chi connectivity index (χ1) is 9.87. The summed E-state index contributed by atoms with van der Waals surface area (Å²) in [6, 6.07) is 7.20. The molecule has 0 fully saturated rings. The fourth-order valence-electron chi connectivity index (χ4n) is 2.08. The molecular formula is C15H16N2O4. The Hall–Kier alpha value is -2.60. The summed E-state index contributed by atoms with van der Waals surface area (Å²) in [6.07, 6.45) is 2.76.